The van der Waals surface area contributed by atoms with Crippen molar-refractivity contribution >= 4 is 24.0 Å². The summed E-state index contributed by atoms with van der Waals surface area (Å²) in [4.78, 5) is 12.9. The largest absolute Gasteiger partial charge is 0.507 e. The highest BCUT2D eigenvalue weighted by Crippen LogP contribution is 2.68. The summed E-state index contributed by atoms with van der Waals surface area (Å²) in [5, 5.41) is 13.5. The van der Waals surface area contributed by atoms with Crippen LogP contribution in [0.1, 0.15) is 122 Å². The Hall–Kier alpha value is -1.42. The first-order valence-corrected chi connectivity index (χ1v) is 15.9. The summed E-state index contributed by atoms with van der Waals surface area (Å²) in [7, 11) is 0. The molecule has 1 amide bonds. The lowest BCUT2D eigenvalue weighted by atomic mass is 9.44. The Bertz CT molecular complexity index is 1010. The average Bonchev–Trinajstić information content (AvgIpc) is 3.21. The van der Waals surface area contributed by atoms with Crippen molar-refractivity contribution in [1.29, 1.82) is 0 Å². The van der Waals surface area contributed by atoms with Crippen LogP contribution in [0.4, 0.5) is 5.69 Å². The highest BCUT2D eigenvalue weighted by molar-refractivity contribution is 5.97. The van der Waals surface area contributed by atoms with Crippen molar-refractivity contribution in [3.05, 3.63) is 23.8 Å². The van der Waals surface area contributed by atoms with Crippen LogP contribution >= 0.6 is 12.4 Å². The number of nitrogens with two attached hydrogens (primary N) is 1. The second kappa shape index (κ2) is 11.8. The minimum Gasteiger partial charge on any atom is -0.507 e. The highest BCUT2D eigenvalue weighted by atomic mass is 35.5. The number of fused-ring (bicyclic) bond motifs is 5. The van der Waals surface area contributed by atoms with Gasteiger partial charge in [-0.25, -0.2) is 0 Å². The van der Waals surface area contributed by atoms with Gasteiger partial charge in [-0.2, -0.15) is 0 Å². The Morgan fingerprint density at radius 1 is 1.00 bits per heavy atom. The molecule has 220 valence electrons. The lowest BCUT2D eigenvalue weighted by molar-refractivity contribution is -0.117. The molecule has 0 radical (unpaired) electrons. The van der Waals surface area contributed by atoms with E-state index in [0.717, 1.165) is 48.3 Å². The molecule has 0 aliphatic heterocycles. The van der Waals surface area contributed by atoms with Crippen molar-refractivity contribution < 1.29 is 9.90 Å². The number of nitrogen functional groups attached to an aromatic ring is 1. The van der Waals surface area contributed by atoms with E-state index in [1.165, 1.54) is 70.3 Å². The minimum atomic E-state index is -0.169. The van der Waals surface area contributed by atoms with Crippen LogP contribution in [0.15, 0.2) is 18.2 Å². The number of hydrogen-bond acceptors (Lipinski definition) is 3. The molecule has 0 saturated heterocycles. The van der Waals surface area contributed by atoms with Crippen molar-refractivity contribution in [1.82, 2.24) is 5.32 Å². The zero-order chi connectivity index (χ0) is 27.2. The van der Waals surface area contributed by atoms with Gasteiger partial charge in [0.2, 0.25) is 0 Å². The zero-order valence-electron chi connectivity index (χ0n) is 25.2. The Morgan fingerprint density at radius 2 is 1.72 bits per heavy atom. The predicted octanol–water partition coefficient (Wildman–Crippen LogP) is 8.62. The van der Waals surface area contributed by atoms with Gasteiger partial charge in [-0.15, -0.1) is 12.4 Å². The molecule has 4 saturated carbocycles. The van der Waals surface area contributed by atoms with E-state index in [-0.39, 0.29) is 30.1 Å². The van der Waals surface area contributed by atoms with Gasteiger partial charge in [-0.3, -0.25) is 4.79 Å². The zero-order valence-corrected chi connectivity index (χ0v) is 26.0. The molecule has 0 aromatic heterocycles. The quantitative estimate of drug-likeness (QED) is 0.293. The molecule has 2 unspecified atom stereocenters. The third-order valence-electron chi connectivity index (χ3n) is 12.5. The molecule has 0 heterocycles. The minimum absolute atomic E-state index is 0. The normalized spacial score (nSPS) is 38.2. The summed E-state index contributed by atoms with van der Waals surface area (Å²) in [6.07, 6.45) is 16.0. The van der Waals surface area contributed by atoms with Crippen LogP contribution in [-0.4, -0.2) is 17.1 Å². The van der Waals surface area contributed by atoms with Crippen LogP contribution in [0.5, 0.6) is 5.75 Å². The molecule has 39 heavy (non-hydrogen) atoms. The van der Waals surface area contributed by atoms with E-state index < -0.39 is 0 Å². The molecule has 4 nitrogen and oxygen atoms in total. The number of amides is 1. The van der Waals surface area contributed by atoms with Gasteiger partial charge in [0.25, 0.3) is 5.91 Å². The van der Waals surface area contributed by atoms with Crippen LogP contribution in [0.2, 0.25) is 0 Å². The van der Waals surface area contributed by atoms with E-state index in [9.17, 15) is 9.90 Å². The first kappa shape index (κ1) is 30.5. The number of benzene rings is 1. The Labute approximate surface area is 244 Å². The fraction of sp³-hybridized carbons (Fsp3) is 0.794. The number of carbonyl (C=O) groups is 1. The summed E-state index contributed by atoms with van der Waals surface area (Å²) in [5.74, 6) is 5.78. The van der Waals surface area contributed by atoms with Crippen molar-refractivity contribution in [2.45, 2.75) is 118 Å². The number of rotatable bonds is 7. The van der Waals surface area contributed by atoms with Gasteiger partial charge in [0, 0.05) is 17.8 Å². The molecule has 4 aliphatic rings. The Morgan fingerprint density at radius 3 is 2.44 bits per heavy atom. The van der Waals surface area contributed by atoms with Gasteiger partial charge in [0.05, 0.1) is 5.56 Å². The topological polar surface area (TPSA) is 75.4 Å². The third-order valence-corrected chi connectivity index (χ3v) is 12.5. The van der Waals surface area contributed by atoms with E-state index in [0.29, 0.717) is 28.0 Å². The molecule has 5 rings (SSSR count). The maximum Gasteiger partial charge on any atom is 0.255 e. The van der Waals surface area contributed by atoms with Crippen molar-refractivity contribution in [2.24, 2.45) is 52.3 Å². The van der Waals surface area contributed by atoms with E-state index in [1.807, 2.05) is 0 Å². The van der Waals surface area contributed by atoms with E-state index in [4.69, 9.17) is 5.73 Å². The molecule has 1 aromatic rings. The first-order chi connectivity index (χ1) is 18.0. The number of nitrogens with one attached hydrogen (secondary N) is 1. The second-order valence-corrected chi connectivity index (χ2v) is 14.9. The van der Waals surface area contributed by atoms with Crippen LogP contribution in [0.3, 0.4) is 0 Å². The lowest BCUT2D eigenvalue weighted by Crippen LogP contribution is -2.55. The molecule has 4 N–H and O–H groups in total. The van der Waals surface area contributed by atoms with Gasteiger partial charge >= 0.3 is 0 Å². The number of anilines is 1. The molecule has 4 aliphatic carbocycles. The van der Waals surface area contributed by atoms with Crippen molar-refractivity contribution in [3.8, 4) is 5.75 Å². The summed E-state index contributed by atoms with van der Waals surface area (Å²) >= 11 is 0. The summed E-state index contributed by atoms with van der Waals surface area (Å²) in [6.45, 7) is 12.6. The Kier molecular flexibility index (Phi) is 9.26. The van der Waals surface area contributed by atoms with Crippen LogP contribution in [0.25, 0.3) is 0 Å². The number of aromatic hydroxyl groups is 1. The lowest BCUT2D eigenvalue weighted by Gasteiger charge is -2.61. The van der Waals surface area contributed by atoms with Gasteiger partial charge in [-0.1, -0.05) is 53.9 Å². The van der Waals surface area contributed by atoms with Gasteiger partial charge in [0.15, 0.2) is 0 Å². The average molecular weight is 559 g/mol. The number of phenolic OH excluding ortho intramolecular Hbond substituents is 1. The monoisotopic (exact) mass is 558 g/mol. The maximum absolute atomic E-state index is 12.9. The van der Waals surface area contributed by atoms with E-state index in [1.54, 1.807) is 12.1 Å². The van der Waals surface area contributed by atoms with Gasteiger partial charge < -0.3 is 16.2 Å². The molecule has 0 spiro atoms. The molecule has 5 heteroatoms. The van der Waals surface area contributed by atoms with E-state index >= 15 is 0 Å². The third kappa shape index (κ3) is 5.70. The fourth-order valence-corrected chi connectivity index (χ4v) is 10.4. The predicted molar refractivity (Wildman–Crippen MR) is 164 cm³/mol. The fourth-order valence-electron chi connectivity index (χ4n) is 10.4. The van der Waals surface area contributed by atoms with Gasteiger partial charge in [-0.05, 0) is 122 Å². The number of carbonyl (C=O) groups excluding carboxylic acids is 1. The number of hydrogen-bond donors (Lipinski definition) is 3. The molecule has 1 aromatic carbocycles. The number of phenols is 1. The van der Waals surface area contributed by atoms with Crippen LogP contribution in [0, 0.1) is 52.3 Å². The first-order valence-electron chi connectivity index (χ1n) is 15.9. The van der Waals surface area contributed by atoms with Crippen LogP contribution in [-0.2, 0) is 0 Å². The maximum atomic E-state index is 12.9. The number of halogens is 1. The molecule has 9 atom stereocenters. The smallest absolute Gasteiger partial charge is 0.255 e. The molecular weight excluding hydrogens is 504 g/mol. The van der Waals surface area contributed by atoms with Crippen molar-refractivity contribution in [3.63, 3.8) is 0 Å². The highest BCUT2D eigenvalue weighted by Gasteiger charge is 2.60. The van der Waals surface area contributed by atoms with Gasteiger partial charge in [0.1, 0.15) is 5.75 Å². The van der Waals surface area contributed by atoms with Crippen LogP contribution < -0.4 is 11.1 Å². The van der Waals surface area contributed by atoms with E-state index in [2.05, 4.69) is 39.9 Å². The summed E-state index contributed by atoms with van der Waals surface area (Å²) < 4.78 is 0. The second-order valence-electron chi connectivity index (χ2n) is 14.9. The molecule has 4 fully saturated rings. The summed E-state index contributed by atoms with van der Waals surface area (Å²) in [6, 6.07) is 4.98. The Balaban J connectivity index is 0.00000353. The van der Waals surface area contributed by atoms with Crippen molar-refractivity contribution in [2.75, 3.05) is 5.73 Å². The summed E-state index contributed by atoms with van der Waals surface area (Å²) in [5.41, 5.74) is 7.52. The molecule has 0 bridgehead atoms. The molecular formula is C34H55ClN2O2. The standard InChI is InChI=1S/C34H54N2O2.ClH/c1-21(2)7-6-8-22(3)28-13-14-29-26-11-9-23-19-25(36-32(38)27-12-10-24(35)20-31(27)37)15-17-33(23,4)30(26)16-18-34(28,29)5;/h10,12,20-23,25-26,28-30,37H,6-9,11,13-19,35H2,1-5H3,(H,36,38);1H/t22-,23?,25?,26+,28-,29+,30+,33+,34-;/m1./s1. The SMILES string of the molecule is CC(C)CCC[C@@H](C)[C@H]1CC[C@H]2[C@@H]3CCC4CC(NC(=O)c5ccc(N)cc5O)CC[C@]4(C)[C@H]3CC[C@]12C.Cl.